The van der Waals surface area contributed by atoms with Gasteiger partial charge in [0.1, 0.15) is 5.82 Å². The summed E-state index contributed by atoms with van der Waals surface area (Å²) < 4.78 is 0. The zero-order chi connectivity index (χ0) is 13.8. The third kappa shape index (κ3) is 2.89. The molecule has 0 aliphatic carbocycles. The molecule has 0 aliphatic rings. The van der Waals surface area contributed by atoms with E-state index in [1.165, 1.54) is 12.3 Å². The third-order valence-corrected chi connectivity index (χ3v) is 2.60. The Kier molecular flexibility index (Phi) is 3.46. The monoisotopic (exact) mass is 259 g/mol. The van der Waals surface area contributed by atoms with Gasteiger partial charge in [-0.15, -0.1) is 0 Å². The van der Waals surface area contributed by atoms with E-state index in [1.807, 2.05) is 0 Å². The minimum atomic E-state index is -0.575. The maximum atomic E-state index is 11.9. The number of carbonyl (C=O) groups excluding carboxylic acids is 2. The van der Waals surface area contributed by atoms with Crippen molar-refractivity contribution in [3.63, 3.8) is 0 Å². The van der Waals surface area contributed by atoms with Gasteiger partial charge in [0.15, 0.2) is 0 Å². The number of benzene rings is 1. The van der Waals surface area contributed by atoms with E-state index >= 15 is 0 Å². The highest BCUT2D eigenvalue weighted by molar-refractivity contribution is 5.99. The number of nitrogens with zero attached hydrogens (tertiary/aromatic N) is 1. The van der Waals surface area contributed by atoms with Crippen molar-refractivity contribution in [2.45, 2.75) is 6.54 Å². The molecule has 0 bridgehead atoms. The van der Waals surface area contributed by atoms with Crippen LogP contribution in [-0.4, -0.2) is 22.0 Å². The van der Waals surface area contributed by atoms with Crippen LogP contribution in [0.15, 0.2) is 30.5 Å². The molecule has 2 rings (SSSR count). The SMILES string of the molecule is NC(=O)c1cccc(C(=O)NCc2cn[nH]c2N)c1. The van der Waals surface area contributed by atoms with E-state index in [1.54, 1.807) is 18.2 Å². The summed E-state index contributed by atoms with van der Waals surface area (Å²) in [4.78, 5) is 22.9. The second-order valence-electron chi connectivity index (χ2n) is 3.94. The topological polar surface area (TPSA) is 127 Å². The summed E-state index contributed by atoms with van der Waals surface area (Å²) in [5.41, 5.74) is 12.1. The van der Waals surface area contributed by atoms with E-state index in [9.17, 15) is 9.59 Å². The van der Waals surface area contributed by atoms with Crippen LogP contribution in [0.3, 0.4) is 0 Å². The molecule has 1 aromatic heterocycles. The number of carbonyl (C=O) groups is 2. The molecular formula is C12H13N5O2. The van der Waals surface area contributed by atoms with Crippen LogP contribution in [0.5, 0.6) is 0 Å². The first-order valence-electron chi connectivity index (χ1n) is 5.53. The van der Waals surface area contributed by atoms with Crippen molar-refractivity contribution in [1.29, 1.82) is 0 Å². The quantitative estimate of drug-likeness (QED) is 0.617. The van der Waals surface area contributed by atoms with Crippen molar-refractivity contribution >= 4 is 17.6 Å². The van der Waals surface area contributed by atoms with E-state index in [0.29, 0.717) is 16.9 Å². The number of rotatable bonds is 4. The molecule has 0 saturated carbocycles. The highest BCUT2D eigenvalue weighted by Gasteiger charge is 2.09. The average molecular weight is 259 g/mol. The van der Waals surface area contributed by atoms with Gasteiger partial charge in [0.05, 0.1) is 6.20 Å². The van der Waals surface area contributed by atoms with Crippen molar-refractivity contribution in [3.8, 4) is 0 Å². The molecule has 0 saturated heterocycles. The van der Waals surface area contributed by atoms with Gasteiger partial charge in [-0.2, -0.15) is 5.10 Å². The maximum absolute atomic E-state index is 11.9. The molecule has 0 radical (unpaired) electrons. The maximum Gasteiger partial charge on any atom is 0.251 e. The summed E-state index contributed by atoms with van der Waals surface area (Å²) in [5.74, 6) is -0.483. The fourth-order valence-corrected chi connectivity index (χ4v) is 1.55. The summed E-state index contributed by atoms with van der Waals surface area (Å²) in [6.45, 7) is 0.252. The number of amides is 2. The van der Waals surface area contributed by atoms with Crippen LogP contribution in [0.25, 0.3) is 0 Å². The molecule has 7 nitrogen and oxygen atoms in total. The predicted octanol–water partition coefficient (Wildman–Crippen LogP) is 0.0208. The zero-order valence-corrected chi connectivity index (χ0v) is 10.0. The largest absolute Gasteiger partial charge is 0.384 e. The average Bonchev–Trinajstić information content (AvgIpc) is 2.81. The van der Waals surface area contributed by atoms with Crippen LogP contribution in [-0.2, 0) is 6.54 Å². The van der Waals surface area contributed by atoms with Gasteiger partial charge in [0.2, 0.25) is 5.91 Å². The summed E-state index contributed by atoms with van der Waals surface area (Å²) in [7, 11) is 0. The number of H-pyrrole nitrogens is 1. The summed E-state index contributed by atoms with van der Waals surface area (Å²) in [5, 5.41) is 9.00. The van der Waals surface area contributed by atoms with Crippen LogP contribution in [0, 0.1) is 0 Å². The molecule has 0 aliphatic heterocycles. The molecule has 1 aromatic carbocycles. The van der Waals surface area contributed by atoms with Gasteiger partial charge in [0, 0.05) is 23.2 Å². The lowest BCUT2D eigenvalue weighted by molar-refractivity contribution is 0.0951. The van der Waals surface area contributed by atoms with Crippen molar-refractivity contribution in [3.05, 3.63) is 47.2 Å². The molecule has 0 fully saturated rings. The number of hydrogen-bond donors (Lipinski definition) is 4. The first-order chi connectivity index (χ1) is 9.08. The zero-order valence-electron chi connectivity index (χ0n) is 10.0. The molecule has 98 valence electrons. The summed E-state index contributed by atoms with van der Waals surface area (Å²) in [6.07, 6.45) is 1.54. The number of nitrogen functional groups attached to an aromatic ring is 1. The van der Waals surface area contributed by atoms with Gasteiger partial charge in [0.25, 0.3) is 5.91 Å². The molecule has 2 aromatic rings. The smallest absolute Gasteiger partial charge is 0.251 e. The Morgan fingerprint density at radius 2 is 2.05 bits per heavy atom. The highest BCUT2D eigenvalue weighted by Crippen LogP contribution is 2.07. The molecule has 0 unspecified atom stereocenters. The normalized spacial score (nSPS) is 10.1. The van der Waals surface area contributed by atoms with Crippen LogP contribution < -0.4 is 16.8 Å². The Hall–Kier alpha value is -2.83. The van der Waals surface area contributed by atoms with E-state index in [0.717, 1.165) is 0 Å². The molecule has 19 heavy (non-hydrogen) atoms. The lowest BCUT2D eigenvalue weighted by Crippen LogP contribution is -2.23. The molecule has 0 atom stereocenters. The Labute approximate surface area is 109 Å². The number of nitrogens with one attached hydrogen (secondary N) is 2. The summed E-state index contributed by atoms with van der Waals surface area (Å²) >= 11 is 0. The highest BCUT2D eigenvalue weighted by atomic mass is 16.2. The third-order valence-electron chi connectivity index (χ3n) is 2.60. The van der Waals surface area contributed by atoms with Crippen molar-refractivity contribution in [2.75, 3.05) is 5.73 Å². The van der Waals surface area contributed by atoms with E-state index in [2.05, 4.69) is 15.5 Å². The minimum absolute atomic E-state index is 0.252. The Morgan fingerprint density at radius 3 is 2.68 bits per heavy atom. The first-order valence-corrected chi connectivity index (χ1v) is 5.53. The van der Waals surface area contributed by atoms with Crippen molar-refractivity contribution in [2.24, 2.45) is 5.73 Å². The van der Waals surface area contributed by atoms with Gasteiger partial charge in [-0.05, 0) is 18.2 Å². The van der Waals surface area contributed by atoms with Gasteiger partial charge >= 0.3 is 0 Å². The minimum Gasteiger partial charge on any atom is -0.384 e. The van der Waals surface area contributed by atoms with Gasteiger partial charge in [-0.25, -0.2) is 0 Å². The Bertz CT molecular complexity index is 620. The first kappa shape index (κ1) is 12.6. The fourth-order valence-electron chi connectivity index (χ4n) is 1.55. The lowest BCUT2D eigenvalue weighted by Gasteiger charge is -2.05. The van der Waals surface area contributed by atoms with Crippen molar-refractivity contribution in [1.82, 2.24) is 15.5 Å². The van der Waals surface area contributed by atoms with Crippen LogP contribution in [0.1, 0.15) is 26.3 Å². The number of aromatic amines is 1. The van der Waals surface area contributed by atoms with E-state index in [-0.39, 0.29) is 18.0 Å². The van der Waals surface area contributed by atoms with Crippen LogP contribution in [0.2, 0.25) is 0 Å². The summed E-state index contributed by atoms with van der Waals surface area (Å²) in [6, 6.07) is 6.19. The molecule has 6 N–H and O–H groups in total. The predicted molar refractivity (Wildman–Crippen MR) is 69.1 cm³/mol. The number of nitrogens with two attached hydrogens (primary N) is 2. The lowest BCUT2D eigenvalue weighted by atomic mass is 10.1. The molecule has 0 spiro atoms. The number of aromatic nitrogens is 2. The standard InChI is InChI=1S/C12H13N5O2/c13-10-9(6-16-17-10)5-15-12(19)8-3-1-2-7(4-8)11(14)18/h1-4,6H,5H2,(H2,14,18)(H,15,19)(H3,13,16,17). The molecule has 7 heteroatoms. The number of hydrogen-bond acceptors (Lipinski definition) is 4. The second-order valence-corrected chi connectivity index (χ2v) is 3.94. The van der Waals surface area contributed by atoms with Gasteiger partial charge < -0.3 is 16.8 Å². The molecule has 1 heterocycles. The van der Waals surface area contributed by atoms with Gasteiger partial charge in [-0.1, -0.05) is 6.07 Å². The number of primary amides is 1. The Morgan fingerprint density at radius 1 is 1.32 bits per heavy atom. The number of anilines is 1. The van der Waals surface area contributed by atoms with Crippen LogP contribution in [0.4, 0.5) is 5.82 Å². The van der Waals surface area contributed by atoms with Gasteiger partial charge in [-0.3, -0.25) is 14.7 Å². The Balaban J connectivity index is 2.06. The van der Waals surface area contributed by atoms with E-state index in [4.69, 9.17) is 11.5 Å². The van der Waals surface area contributed by atoms with E-state index < -0.39 is 5.91 Å². The second kappa shape index (κ2) is 5.21. The molecule has 2 amide bonds. The van der Waals surface area contributed by atoms with Crippen LogP contribution >= 0.6 is 0 Å². The fraction of sp³-hybridized carbons (Fsp3) is 0.0833. The molecular weight excluding hydrogens is 246 g/mol. The van der Waals surface area contributed by atoms with Crippen molar-refractivity contribution < 1.29 is 9.59 Å².